The van der Waals surface area contributed by atoms with Crippen LogP contribution in [0.2, 0.25) is 0 Å². The molecule has 1 aromatic heterocycles. The number of rotatable bonds is 8. The van der Waals surface area contributed by atoms with Crippen LogP contribution < -0.4 is 14.2 Å². The zero-order valence-electron chi connectivity index (χ0n) is 16.7. The van der Waals surface area contributed by atoms with Gasteiger partial charge in [-0.3, -0.25) is 4.79 Å². The fourth-order valence-electron chi connectivity index (χ4n) is 3.14. The molecule has 0 radical (unpaired) electrons. The Kier molecular flexibility index (Phi) is 6.96. The van der Waals surface area contributed by atoms with Crippen molar-refractivity contribution in [3.63, 3.8) is 0 Å². The van der Waals surface area contributed by atoms with E-state index in [9.17, 15) is 18.0 Å². The number of pyridine rings is 1. The predicted octanol–water partition coefficient (Wildman–Crippen LogP) is 4.40. The van der Waals surface area contributed by atoms with E-state index < -0.39 is 24.7 Å². The van der Waals surface area contributed by atoms with Gasteiger partial charge in [-0.2, -0.15) is 4.98 Å². The van der Waals surface area contributed by atoms with E-state index in [1.807, 2.05) is 24.8 Å². The van der Waals surface area contributed by atoms with Gasteiger partial charge in [-0.05, 0) is 49.9 Å². The number of halogens is 3. The highest BCUT2D eigenvalue weighted by Gasteiger charge is 2.27. The largest absolute Gasteiger partial charge is 0.479 e. The second kappa shape index (κ2) is 9.46. The highest BCUT2D eigenvalue weighted by Crippen LogP contribution is 2.35. The number of anilines is 1. The van der Waals surface area contributed by atoms with Crippen molar-refractivity contribution in [3.05, 3.63) is 41.2 Å². The van der Waals surface area contributed by atoms with Gasteiger partial charge in [0.05, 0.1) is 7.11 Å². The molecule has 1 aliphatic rings. The Labute approximate surface area is 176 Å². The molecular weight excluding hydrogens is 419 g/mol. The van der Waals surface area contributed by atoms with E-state index >= 15 is 0 Å². The molecule has 1 amide bonds. The summed E-state index contributed by atoms with van der Waals surface area (Å²) in [5.41, 5.74) is 1.78. The average Bonchev–Trinajstić information content (AvgIpc) is 2.71. The van der Waals surface area contributed by atoms with Gasteiger partial charge in [-0.15, -0.1) is 0 Å². The molecule has 2 aromatic rings. The Hall–Kier alpha value is -2.62. The van der Waals surface area contributed by atoms with Crippen molar-refractivity contribution in [2.24, 2.45) is 0 Å². The Bertz CT molecular complexity index is 928. The lowest BCUT2D eigenvalue weighted by atomic mass is 9.98. The minimum atomic E-state index is -2.75. The molecule has 0 bridgehead atoms. The molecule has 162 valence electrons. The number of benzene rings is 1. The second-order valence-electron chi connectivity index (χ2n) is 6.86. The topological polar surface area (TPSA) is 63.7 Å². The molecule has 3 rings (SSSR count). The molecule has 0 saturated heterocycles. The van der Waals surface area contributed by atoms with Gasteiger partial charge in [0, 0.05) is 29.1 Å². The number of hydrogen-bond donors (Lipinski definition) is 1. The van der Waals surface area contributed by atoms with Crippen LogP contribution in [-0.4, -0.2) is 48.5 Å². The highest BCUT2D eigenvalue weighted by molar-refractivity contribution is 8.00. The standard InChI is InChI=1S/C20H22F3N3O3S/c1-11(2)26-8-7-12-13(20(26)27)5-4-6-16(12)30-25-15-9-14(21)18(24-19(15)28-3)29-10-17(22)23/h4-6,9,11,17,25H,7-8,10H2,1-3H3. The Morgan fingerprint density at radius 2 is 2.07 bits per heavy atom. The lowest BCUT2D eigenvalue weighted by Gasteiger charge is -2.32. The van der Waals surface area contributed by atoms with Gasteiger partial charge in [0.1, 0.15) is 5.69 Å². The molecule has 2 heterocycles. The summed E-state index contributed by atoms with van der Waals surface area (Å²) in [5.74, 6) is -1.46. The van der Waals surface area contributed by atoms with E-state index in [2.05, 4.69) is 14.4 Å². The van der Waals surface area contributed by atoms with Gasteiger partial charge in [0.15, 0.2) is 12.4 Å². The van der Waals surface area contributed by atoms with E-state index in [-0.39, 0.29) is 23.5 Å². The van der Waals surface area contributed by atoms with Crippen LogP contribution in [0.3, 0.4) is 0 Å². The Balaban J connectivity index is 1.80. The number of nitrogens with one attached hydrogen (secondary N) is 1. The zero-order valence-corrected chi connectivity index (χ0v) is 17.6. The Morgan fingerprint density at radius 3 is 2.73 bits per heavy atom. The Morgan fingerprint density at radius 1 is 1.30 bits per heavy atom. The van der Waals surface area contributed by atoms with Crippen molar-refractivity contribution >= 4 is 23.5 Å². The van der Waals surface area contributed by atoms with E-state index in [1.54, 1.807) is 12.1 Å². The molecule has 0 saturated carbocycles. The first-order chi connectivity index (χ1) is 14.3. The SMILES string of the molecule is COc1nc(OCC(F)F)c(F)cc1NSc1cccc2c1CCN(C(C)C)C2=O. The lowest BCUT2D eigenvalue weighted by Crippen LogP contribution is -2.42. The van der Waals surface area contributed by atoms with Crippen molar-refractivity contribution in [1.82, 2.24) is 9.88 Å². The maximum Gasteiger partial charge on any atom is 0.272 e. The van der Waals surface area contributed by atoms with Crippen LogP contribution in [0.5, 0.6) is 11.8 Å². The van der Waals surface area contributed by atoms with Crippen molar-refractivity contribution in [3.8, 4) is 11.8 Å². The molecule has 10 heteroatoms. The summed E-state index contributed by atoms with van der Waals surface area (Å²) in [5, 5.41) is 0. The van der Waals surface area contributed by atoms with Crippen molar-refractivity contribution in [2.75, 3.05) is 25.0 Å². The van der Waals surface area contributed by atoms with Gasteiger partial charge in [-0.25, -0.2) is 13.2 Å². The smallest absolute Gasteiger partial charge is 0.272 e. The monoisotopic (exact) mass is 441 g/mol. The highest BCUT2D eigenvalue weighted by atomic mass is 32.2. The number of methoxy groups -OCH3 is 1. The molecule has 0 atom stereocenters. The van der Waals surface area contributed by atoms with Gasteiger partial charge >= 0.3 is 0 Å². The van der Waals surface area contributed by atoms with E-state index in [1.165, 1.54) is 19.1 Å². The third kappa shape index (κ3) is 4.75. The predicted molar refractivity (Wildman–Crippen MR) is 108 cm³/mol. The van der Waals surface area contributed by atoms with Crippen molar-refractivity contribution in [2.45, 2.75) is 37.6 Å². The maximum atomic E-state index is 14.2. The first kappa shape index (κ1) is 22.1. The summed E-state index contributed by atoms with van der Waals surface area (Å²) in [6.45, 7) is 3.61. The number of aromatic nitrogens is 1. The summed E-state index contributed by atoms with van der Waals surface area (Å²) < 4.78 is 51.6. The first-order valence-corrected chi connectivity index (χ1v) is 10.1. The fraction of sp³-hybridized carbons (Fsp3) is 0.400. The number of amides is 1. The number of nitrogens with zero attached hydrogens (tertiary/aromatic N) is 2. The van der Waals surface area contributed by atoms with Crippen molar-refractivity contribution < 1.29 is 27.4 Å². The quantitative estimate of drug-likeness (QED) is 0.613. The minimum Gasteiger partial charge on any atom is -0.479 e. The summed E-state index contributed by atoms with van der Waals surface area (Å²) >= 11 is 1.19. The third-order valence-electron chi connectivity index (χ3n) is 4.57. The van der Waals surface area contributed by atoms with Gasteiger partial charge in [0.2, 0.25) is 5.88 Å². The van der Waals surface area contributed by atoms with E-state index in [0.29, 0.717) is 18.5 Å². The molecule has 0 unspecified atom stereocenters. The molecule has 1 aromatic carbocycles. The normalized spacial score (nSPS) is 13.6. The van der Waals surface area contributed by atoms with Crippen molar-refractivity contribution in [1.29, 1.82) is 0 Å². The molecule has 0 spiro atoms. The van der Waals surface area contributed by atoms with Gasteiger partial charge in [0.25, 0.3) is 18.2 Å². The fourth-order valence-corrected chi connectivity index (χ4v) is 3.99. The number of alkyl halides is 2. The number of carbonyl (C=O) groups is 1. The van der Waals surface area contributed by atoms with Crippen LogP contribution in [0.15, 0.2) is 29.2 Å². The molecule has 0 fully saturated rings. The minimum absolute atomic E-state index is 0.0000226. The maximum absolute atomic E-state index is 14.2. The molecule has 6 nitrogen and oxygen atoms in total. The lowest BCUT2D eigenvalue weighted by molar-refractivity contribution is 0.0687. The summed E-state index contributed by atoms with van der Waals surface area (Å²) in [6, 6.07) is 6.64. The average molecular weight is 441 g/mol. The molecule has 1 aliphatic heterocycles. The number of carbonyl (C=O) groups excluding carboxylic acids is 1. The van der Waals surface area contributed by atoms with E-state index in [0.717, 1.165) is 16.5 Å². The van der Waals surface area contributed by atoms with Crippen LogP contribution in [0.4, 0.5) is 18.9 Å². The summed E-state index contributed by atoms with van der Waals surface area (Å²) in [4.78, 5) is 19.2. The summed E-state index contributed by atoms with van der Waals surface area (Å²) in [7, 11) is 1.33. The van der Waals surface area contributed by atoms with E-state index in [4.69, 9.17) is 4.74 Å². The van der Waals surface area contributed by atoms with Crippen LogP contribution in [0.1, 0.15) is 29.8 Å². The second-order valence-corrected chi connectivity index (χ2v) is 7.71. The molecular formula is C20H22F3N3O3S. The van der Waals surface area contributed by atoms with Crippen LogP contribution in [0, 0.1) is 5.82 Å². The molecule has 30 heavy (non-hydrogen) atoms. The van der Waals surface area contributed by atoms with Crippen LogP contribution >= 0.6 is 11.9 Å². The van der Waals surface area contributed by atoms with Crippen LogP contribution in [0.25, 0.3) is 0 Å². The molecule has 0 aliphatic carbocycles. The molecule has 1 N–H and O–H groups in total. The van der Waals surface area contributed by atoms with Crippen LogP contribution in [-0.2, 0) is 6.42 Å². The first-order valence-electron chi connectivity index (χ1n) is 9.33. The third-order valence-corrected chi connectivity index (χ3v) is 5.49. The van der Waals surface area contributed by atoms with Gasteiger partial charge < -0.3 is 19.1 Å². The zero-order chi connectivity index (χ0) is 21.8. The number of fused-ring (bicyclic) bond motifs is 1. The summed E-state index contributed by atoms with van der Waals surface area (Å²) in [6.07, 6.45) is -2.04. The van der Waals surface area contributed by atoms with Gasteiger partial charge in [-0.1, -0.05) is 6.07 Å². The number of ether oxygens (including phenoxy) is 2. The number of hydrogen-bond acceptors (Lipinski definition) is 6.